The van der Waals surface area contributed by atoms with E-state index in [-0.39, 0.29) is 25.9 Å². The van der Waals surface area contributed by atoms with Crippen LogP contribution in [0.5, 0.6) is 0 Å². The molecular formula is C52H91O11P. The first-order chi connectivity index (χ1) is 31.2. The van der Waals surface area contributed by atoms with Gasteiger partial charge in [0.05, 0.1) is 19.8 Å². The van der Waals surface area contributed by atoms with E-state index in [2.05, 4.69) is 81.5 Å². The third-order valence-electron chi connectivity index (χ3n) is 10.5. The fraction of sp³-hybridized carbons (Fsp3) is 0.750. The Labute approximate surface area is 389 Å². The summed E-state index contributed by atoms with van der Waals surface area (Å²) in [6.07, 6.45) is 47.8. The highest BCUT2D eigenvalue weighted by molar-refractivity contribution is 7.47. The maximum absolute atomic E-state index is 12.8. The van der Waals surface area contributed by atoms with Crippen LogP contribution in [0.3, 0.4) is 0 Å². The molecule has 0 aliphatic rings. The number of esters is 3. The van der Waals surface area contributed by atoms with Crippen LogP contribution in [0.4, 0.5) is 0 Å². The molecule has 0 spiro atoms. The van der Waals surface area contributed by atoms with Crippen LogP contribution in [-0.4, -0.2) is 66.5 Å². The third-order valence-corrected chi connectivity index (χ3v) is 11.4. The minimum absolute atomic E-state index is 0.161. The molecule has 3 unspecified atom stereocenters. The molecule has 2 N–H and O–H groups in total. The molecule has 0 aromatic carbocycles. The molecule has 3 atom stereocenters. The summed E-state index contributed by atoms with van der Waals surface area (Å²) < 4.78 is 39.2. The number of unbranched alkanes of at least 4 members (excludes halogenated alkanes) is 19. The van der Waals surface area contributed by atoms with Gasteiger partial charge in [-0.2, -0.15) is 0 Å². The van der Waals surface area contributed by atoms with Gasteiger partial charge in [0.2, 0.25) is 0 Å². The van der Waals surface area contributed by atoms with E-state index in [1.165, 1.54) is 64.2 Å². The van der Waals surface area contributed by atoms with E-state index in [1.807, 2.05) is 0 Å². The molecule has 11 nitrogen and oxygen atoms in total. The molecule has 370 valence electrons. The molecule has 12 heteroatoms. The zero-order chi connectivity index (χ0) is 47.0. The number of allylic oxidation sites excluding steroid dienone is 10. The summed E-state index contributed by atoms with van der Waals surface area (Å²) in [6.45, 7) is 4.42. The monoisotopic (exact) mass is 923 g/mol. The van der Waals surface area contributed by atoms with Gasteiger partial charge < -0.3 is 24.2 Å². The summed E-state index contributed by atoms with van der Waals surface area (Å²) in [6, 6.07) is 0. The van der Waals surface area contributed by atoms with E-state index in [0.29, 0.717) is 19.3 Å². The Bertz CT molecular complexity index is 1310. The van der Waals surface area contributed by atoms with Gasteiger partial charge in [-0.05, 0) is 64.2 Å². The number of hydrogen-bond acceptors (Lipinski definition) is 10. The molecule has 0 rings (SSSR count). The molecule has 0 saturated heterocycles. The Morgan fingerprint density at radius 2 is 0.812 bits per heavy atom. The SMILES string of the molecule is CC/C=C\C/C=C\C/C=C\C/C=C\C/C=C\CCCCCC(=O)OCC(COP(=O)(O)OCC(CO)OC(=O)CCCCCCCCCCC)OC(=O)CCCCCCCCCCC. The van der Waals surface area contributed by atoms with Gasteiger partial charge in [-0.3, -0.25) is 23.4 Å². The molecular weight excluding hydrogens is 832 g/mol. The molecule has 0 saturated carbocycles. The Balaban J connectivity index is 4.72. The normalized spacial score (nSPS) is 14.0. The highest BCUT2D eigenvalue weighted by Gasteiger charge is 2.28. The Morgan fingerprint density at radius 3 is 1.25 bits per heavy atom. The second-order valence-corrected chi connectivity index (χ2v) is 18.1. The minimum atomic E-state index is -4.74. The van der Waals surface area contributed by atoms with Gasteiger partial charge in [-0.25, -0.2) is 4.57 Å². The zero-order valence-corrected chi connectivity index (χ0v) is 41.4. The first-order valence-corrected chi connectivity index (χ1v) is 26.7. The lowest BCUT2D eigenvalue weighted by molar-refractivity contribution is -0.161. The van der Waals surface area contributed by atoms with Crippen LogP contribution in [-0.2, 0) is 42.2 Å². The van der Waals surface area contributed by atoms with Crippen LogP contribution in [0.1, 0.15) is 213 Å². The van der Waals surface area contributed by atoms with Crippen LogP contribution >= 0.6 is 7.82 Å². The van der Waals surface area contributed by atoms with Crippen molar-refractivity contribution in [3.63, 3.8) is 0 Å². The quantitative estimate of drug-likeness (QED) is 0.0197. The first kappa shape index (κ1) is 61.2. The topological polar surface area (TPSA) is 155 Å². The van der Waals surface area contributed by atoms with Crippen LogP contribution < -0.4 is 0 Å². The molecule has 0 bridgehead atoms. The van der Waals surface area contributed by atoms with Crippen molar-refractivity contribution in [1.29, 1.82) is 0 Å². The van der Waals surface area contributed by atoms with E-state index in [9.17, 15) is 28.9 Å². The number of phosphoric acid groups is 1. The lowest BCUT2D eigenvalue weighted by atomic mass is 10.1. The number of ether oxygens (including phenoxy) is 3. The summed E-state index contributed by atoms with van der Waals surface area (Å²) in [4.78, 5) is 48.1. The van der Waals surface area contributed by atoms with E-state index in [0.717, 1.165) is 89.9 Å². The summed E-state index contributed by atoms with van der Waals surface area (Å²) in [5.41, 5.74) is 0. The second-order valence-electron chi connectivity index (χ2n) is 16.6. The van der Waals surface area contributed by atoms with Gasteiger partial charge in [-0.1, -0.05) is 191 Å². The Morgan fingerprint density at radius 1 is 0.453 bits per heavy atom. The highest BCUT2D eigenvalue weighted by Crippen LogP contribution is 2.43. The number of rotatable bonds is 46. The van der Waals surface area contributed by atoms with Gasteiger partial charge >= 0.3 is 25.7 Å². The maximum atomic E-state index is 12.8. The number of carbonyl (C=O) groups excluding carboxylic acids is 3. The molecule has 0 radical (unpaired) electrons. The fourth-order valence-electron chi connectivity index (χ4n) is 6.62. The van der Waals surface area contributed by atoms with Crippen molar-refractivity contribution < 1.29 is 52.2 Å². The van der Waals surface area contributed by atoms with Crippen LogP contribution in [0.25, 0.3) is 0 Å². The average molecular weight is 923 g/mol. The Hall–Kier alpha value is -2.82. The number of phosphoric ester groups is 1. The number of carbonyl (C=O) groups is 3. The van der Waals surface area contributed by atoms with E-state index in [1.54, 1.807) is 0 Å². The van der Waals surface area contributed by atoms with Gasteiger partial charge in [0, 0.05) is 19.3 Å². The Kier molecular flexibility index (Phi) is 44.6. The van der Waals surface area contributed by atoms with Crippen molar-refractivity contribution in [2.45, 2.75) is 226 Å². The molecule has 0 amide bonds. The lowest BCUT2D eigenvalue weighted by Crippen LogP contribution is -2.30. The van der Waals surface area contributed by atoms with Crippen LogP contribution in [0.15, 0.2) is 60.8 Å². The molecule has 0 aromatic heterocycles. The smallest absolute Gasteiger partial charge is 0.462 e. The van der Waals surface area contributed by atoms with Crippen molar-refractivity contribution in [2.75, 3.05) is 26.4 Å². The third kappa shape index (κ3) is 44.4. The number of aliphatic hydroxyl groups excluding tert-OH is 1. The molecule has 0 aliphatic heterocycles. The summed E-state index contributed by atoms with van der Waals surface area (Å²) in [7, 11) is -4.74. The maximum Gasteiger partial charge on any atom is 0.472 e. The molecule has 0 fully saturated rings. The van der Waals surface area contributed by atoms with Crippen molar-refractivity contribution in [3.05, 3.63) is 60.8 Å². The predicted octanol–water partition coefficient (Wildman–Crippen LogP) is 14.0. The van der Waals surface area contributed by atoms with Gasteiger partial charge in [-0.15, -0.1) is 0 Å². The van der Waals surface area contributed by atoms with Gasteiger partial charge in [0.25, 0.3) is 0 Å². The van der Waals surface area contributed by atoms with Gasteiger partial charge in [0.1, 0.15) is 12.7 Å². The van der Waals surface area contributed by atoms with Crippen LogP contribution in [0.2, 0.25) is 0 Å². The highest BCUT2D eigenvalue weighted by atomic mass is 31.2. The molecule has 0 aromatic rings. The van der Waals surface area contributed by atoms with Crippen molar-refractivity contribution >= 4 is 25.7 Å². The molecule has 64 heavy (non-hydrogen) atoms. The second kappa shape index (κ2) is 46.7. The van der Waals surface area contributed by atoms with Crippen molar-refractivity contribution in [2.24, 2.45) is 0 Å². The van der Waals surface area contributed by atoms with E-state index in [4.69, 9.17) is 23.3 Å². The largest absolute Gasteiger partial charge is 0.472 e. The minimum Gasteiger partial charge on any atom is -0.462 e. The predicted molar refractivity (Wildman–Crippen MR) is 261 cm³/mol. The lowest BCUT2D eigenvalue weighted by Gasteiger charge is -2.21. The van der Waals surface area contributed by atoms with Gasteiger partial charge in [0.15, 0.2) is 6.10 Å². The first-order valence-electron chi connectivity index (χ1n) is 25.2. The average Bonchev–Trinajstić information content (AvgIpc) is 3.28. The standard InChI is InChI=1S/C52H91O11P/c1-4-7-10-13-16-19-20-21-22-23-24-25-26-27-28-31-32-35-38-41-50(54)59-45-49(63-52(56)43-40-37-34-30-18-15-12-9-6-3)47-61-64(57,58)60-46-48(44-53)62-51(55)42-39-36-33-29-17-14-11-8-5-2/h7,10,16,19,21-22,24-25,27-28,48-49,53H,4-6,8-9,11-15,17-18,20,23,26,29-47H2,1-3H3,(H,57,58)/b10-7-,19-16-,22-21-,25-24-,28-27-. The summed E-state index contributed by atoms with van der Waals surface area (Å²) in [5.74, 6) is -1.51. The number of aliphatic hydroxyl groups is 1. The van der Waals surface area contributed by atoms with Crippen molar-refractivity contribution in [3.8, 4) is 0 Å². The molecule has 0 aliphatic carbocycles. The summed E-state index contributed by atoms with van der Waals surface area (Å²) >= 11 is 0. The fourth-order valence-corrected chi connectivity index (χ4v) is 7.40. The van der Waals surface area contributed by atoms with Crippen LogP contribution in [0, 0.1) is 0 Å². The molecule has 0 heterocycles. The zero-order valence-electron chi connectivity index (χ0n) is 40.5. The van der Waals surface area contributed by atoms with E-state index < -0.39 is 57.8 Å². The van der Waals surface area contributed by atoms with Crippen molar-refractivity contribution in [1.82, 2.24) is 0 Å². The summed E-state index contributed by atoms with van der Waals surface area (Å²) in [5, 5.41) is 9.72. The van der Waals surface area contributed by atoms with E-state index >= 15 is 0 Å². The number of hydrogen-bond donors (Lipinski definition) is 2.